The fourth-order valence-corrected chi connectivity index (χ4v) is 2.61. The molecule has 3 rings (SSSR count). The maximum absolute atomic E-state index is 11.9. The van der Waals surface area contributed by atoms with Crippen molar-refractivity contribution in [1.82, 2.24) is 9.78 Å². The zero-order valence-corrected chi connectivity index (χ0v) is 11.8. The van der Waals surface area contributed by atoms with Crippen LogP contribution in [0.4, 0.5) is 5.82 Å². The molecule has 0 bridgehead atoms. The van der Waals surface area contributed by atoms with Gasteiger partial charge in [0, 0.05) is 24.9 Å². The number of hydrogen-bond acceptors (Lipinski definition) is 4. The van der Waals surface area contributed by atoms with E-state index in [1.165, 1.54) is 7.11 Å². The third kappa shape index (κ3) is 2.29. The number of benzene rings is 1. The summed E-state index contributed by atoms with van der Waals surface area (Å²) < 4.78 is 6.34. The number of esters is 1. The smallest absolute Gasteiger partial charge is 0.337 e. The third-order valence-electron chi connectivity index (χ3n) is 3.72. The van der Waals surface area contributed by atoms with Crippen LogP contribution in [0.1, 0.15) is 33.8 Å². The van der Waals surface area contributed by atoms with E-state index in [-0.39, 0.29) is 17.8 Å². The summed E-state index contributed by atoms with van der Waals surface area (Å²) in [6, 6.07) is 7.13. The molecule has 21 heavy (non-hydrogen) atoms. The van der Waals surface area contributed by atoms with Crippen molar-refractivity contribution in [2.75, 3.05) is 12.4 Å². The molecule has 6 heteroatoms. The molecule has 0 radical (unpaired) electrons. The zero-order valence-electron chi connectivity index (χ0n) is 11.8. The minimum Gasteiger partial charge on any atom is -0.465 e. The molecule has 0 aliphatic carbocycles. The Labute approximate surface area is 121 Å². The first-order chi connectivity index (χ1) is 10.1. The number of anilines is 1. The Balaban J connectivity index is 1.97. The molecule has 0 saturated heterocycles. The van der Waals surface area contributed by atoms with Crippen molar-refractivity contribution in [1.29, 1.82) is 0 Å². The van der Waals surface area contributed by atoms with E-state index < -0.39 is 0 Å². The Bertz CT molecular complexity index is 703. The molecule has 108 valence electrons. The van der Waals surface area contributed by atoms with Crippen LogP contribution in [0.3, 0.4) is 0 Å². The number of carbonyl (C=O) groups is 2. The normalized spacial score (nSPS) is 17.0. The van der Waals surface area contributed by atoms with Gasteiger partial charge < -0.3 is 10.1 Å². The van der Waals surface area contributed by atoms with Gasteiger partial charge >= 0.3 is 5.97 Å². The maximum atomic E-state index is 11.9. The summed E-state index contributed by atoms with van der Waals surface area (Å²) >= 11 is 0. The van der Waals surface area contributed by atoms with Crippen molar-refractivity contribution in [3.8, 4) is 0 Å². The maximum Gasteiger partial charge on any atom is 0.337 e. The number of aromatic nitrogens is 2. The van der Waals surface area contributed by atoms with Gasteiger partial charge in [-0.1, -0.05) is 12.1 Å². The first-order valence-corrected chi connectivity index (χ1v) is 6.60. The number of nitrogens with one attached hydrogen (secondary N) is 1. The van der Waals surface area contributed by atoms with E-state index in [2.05, 4.69) is 15.2 Å². The van der Waals surface area contributed by atoms with Gasteiger partial charge in [-0.05, 0) is 17.7 Å². The summed E-state index contributed by atoms with van der Waals surface area (Å²) in [6.45, 7) is 0. The number of hydrogen-bond donors (Lipinski definition) is 1. The van der Waals surface area contributed by atoms with Crippen molar-refractivity contribution < 1.29 is 14.3 Å². The van der Waals surface area contributed by atoms with Gasteiger partial charge in [0.2, 0.25) is 5.91 Å². The number of aryl methyl sites for hydroxylation is 1. The van der Waals surface area contributed by atoms with Crippen LogP contribution in [0.25, 0.3) is 0 Å². The van der Waals surface area contributed by atoms with E-state index >= 15 is 0 Å². The van der Waals surface area contributed by atoms with Gasteiger partial charge in [0.1, 0.15) is 5.82 Å². The number of amides is 1. The summed E-state index contributed by atoms with van der Waals surface area (Å²) in [5.41, 5.74) is 2.46. The molecule has 0 unspecified atom stereocenters. The monoisotopic (exact) mass is 285 g/mol. The Morgan fingerprint density at radius 2 is 2.10 bits per heavy atom. The van der Waals surface area contributed by atoms with Crippen LogP contribution in [0.5, 0.6) is 0 Å². The van der Waals surface area contributed by atoms with Crippen molar-refractivity contribution in [3.05, 3.63) is 47.2 Å². The second-order valence-electron chi connectivity index (χ2n) is 4.99. The van der Waals surface area contributed by atoms with E-state index in [9.17, 15) is 9.59 Å². The van der Waals surface area contributed by atoms with Crippen LogP contribution in [-0.2, 0) is 16.6 Å². The van der Waals surface area contributed by atoms with Crippen LogP contribution in [0.15, 0.2) is 30.5 Å². The molecule has 1 N–H and O–H groups in total. The molecule has 0 spiro atoms. The highest BCUT2D eigenvalue weighted by atomic mass is 16.5. The number of methoxy groups -OCH3 is 1. The van der Waals surface area contributed by atoms with Crippen LogP contribution in [0, 0.1) is 0 Å². The molecule has 1 aliphatic rings. The molecule has 2 aromatic rings. The van der Waals surface area contributed by atoms with E-state index in [1.54, 1.807) is 30.1 Å². The number of nitrogens with zero attached hydrogens (tertiary/aromatic N) is 2. The van der Waals surface area contributed by atoms with Crippen molar-refractivity contribution in [2.24, 2.45) is 7.05 Å². The molecule has 6 nitrogen and oxygen atoms in total. The molecule has 1 amide bonds. The largest absolute Gasteiger partial charge is 0.465 e. The number of ether oxygens (including phenoxy) is 1. The molecule has 1 aromatic heterocycles. The first kappa shape index (κ1) is 13.4. The molecule has 1 aliphatic heterocycles. The molecular weight excluding hydrogens is 270 g/mol. The Hall–Kier alpha value is -2.63. The Kier molecular flexibility index (Phi) is 3.21. The molecule has 1 atom stereocenters. The lowest BCUT2D eigenvalue weighted by Crippen LogP contribution is -2.24. The van der Waals surface area contributed by atoms with Gasteiger partial charge in [-0.3, -0.25) is 9.48 Å². The minimum absolute atomic E-state index is 0.0341. The second kappa shape index (κ2) is 5.05. The SMILES string of the molecule is COC(=O)c1ccc([C@@H]2CC(=O)Nc3c2cnn3C)cc1. The van der Waals surface area contributed by atoms with Crippen LogP contribution in [-0.4, -0.2) is 28.8 Å². The fourth-order valence-electron chi connectivity index (χ4n) is 2.61. The van der Waals surface area contributed by atoms with Gasteiger partial charge in [0.25, 0.3) is 0 Å². The highest BCUT2D eigenvalue weighted by Gasteiger charge is 2.29. The van der Waals surface area contributed by atoms with Gasteiger partial charge in [0.15, 0.2) is 0 Å². The van der Waals surface area contributed by atoms with Crippen molar-refractivity contribution in [3.63, 3.8) is 0 Å². The average molecular weight is 285 g/mol. The molecule has 1 aromatic carbocycles. The lowest BCUT2D eigenvalue weighted by Gasteiger charge is -2.23. The third-order valence-corrected chi connectivity index (χ3v) is 3.72. The van der Waals surface area contributed by atoms with Gasteiger partial charge in [-0.2, -0.15) is 5.10 Å². The highest BCUT2D eigenvalue weighted by molar-refractivity contribution is 5.94. The summed E-state index contributed by atoms with van der Waals surface area (Å²) in [6.07, 6.45) is 2.14. The summed E-state index contributed by atoms with van der Waals surface area (Å²) in [5, 5.41) is 7.03. The fraction of sp³-hybridized carbons (Fsp3) is 0.267. The van der Waals surface area contributed by atoms with E-state index in [0.717, 1.165) is 16.9 Å². The highest BCUT2D eigenvalue weighted by Crippen LogP contribution is 2.36. The lowest BCUT2D eigenvalue weighted by atomic mass is 9.87. The first-order valence-electron chi connectivity index (χ1n) is 6.60. The molecular formula is C15H15N3O3. The predicted molar refractivity (Wildman–Crippen MR) is 76.1 cm³/mol. The summed E-state index contributed by atoms with van der Waals surface area (Å²) in [7, 11) is 3.14. The Morgan fingerprint density at radius 3 is 2.76 bits per heavy atom. The summed E-state index contributed by atoms with van der Waals surface area (Å²) in [5.74, 6) is 0.278. The van der Waals surface area contributed by atoms with Crippen LogP contribution in [0.2, 0.25) is 0 Å². The Morgan fingerprint density at radius 1 is 1.38 bits per heavy atom. The summed E-state index contributed by atoms with van der Waals surface area (Å²) in [4.78, 5) is 23.3. The van der Waals surface area contributed by atoms with Crippen LogP contribution < -0.4 is 5.32 Å². The van der Waals surface area contributed by atoms with Crippen molar-refractivity contribution in [2.45, 2.75) is 12.3 Å². The average Bonchev–Trinajstić information content (AvgIpc) is 2.87. The van der Waals surface area contributed by atoms with Crippen molar-refractivity contribution >= 4 is 17.7 Å². The zero-order chi connectivity index (χ0) is 15.0. The number of rotatable bonds is 2. The van der Waals surface area contributed by atoms with Gasteiger partial charge in [-0.15, -0.1) is 0 Å². The predicted octanol–water partition coefficient (Wildman–Crippen LogP) is 1.68. The minimum atomic E-state index is -0.370. The quantitative estimate of drug-likeness (QED) is 0.852. The second-order valence-corrected chi connectivity index (χ2v) is 4.99. The van der Waals surface area contributed by atoms with E-state index in [1.807, 2.05) is 12.1 Å². The van der Waals surface area contributed by atoms with Gasteiger partial charge in [0.05, 0.1) is 18.9 Å². The van der Waals surface area contributed by atoms with Crippen LogP contribution >= 0.6 is 0 Å². The molecule has 2 heterocycles. The van der Waals surface area contributed by atoms with E-state index in [4.69, 9.17) is 0 Å². The number of carbonyl (C=O) groups excluding carboxylic acids is 2. The molecule has 0 saturated carbocycles. The topological polar surface area (TPSA) is 73.2 Å². The van der Waals surface area contributed by atoms with Gasteiger partial charge in [-0.25, -0.2) is 4.79 Å². The standard InChI is InChI=1S/C15H15N3O3/c1-18-14-12(8-16-18)11(7-13(19)17-14)9-3-5-10(6-4-9)15(20)21-2/h3-6,8,11H,7H2,1-2H3,(H,17,19)/t11-/m0/s1. The lowest BCUT2D eigenvalue weighted by molar-refractivity contribution is -0.116. The van der Waals surface area contributed by atoms with E-state index in [0.29, 0.717) is 12.0 Å². The molecule has 0 fully saturated rings. The number of fused-ring (bicyclic) bond motifs is 1.